The van der Waals surface area contributed by atoms with E-state index in [-0.39, 0.29) is 11.5 Å². The zero-order valence-electron chi connectivity index (χ0n) is 9.47. The molecule has 8 heteroatoms. The number of hydrogen-bond donors (Lipinski definition) is 2. The number of nitrogens with one attached hydrogen (secondary N) is 2. The van der Waals surface area contributed by atoms with Gasteiger partial charge in [0.2, 0.25) is 10.7 Å². The Labute approximate surface area is 111 Å². The highest BCUT2D eigenvalue weighted by molar-refractivity contribution is 8.01. The molecule has 0 aliphatic rings. The summed E-state index contributed by atoms with van der Waals surface area (Å²) in [5, 5.41) is 10.9. The van der Waals surface area contributed by atoms with Crippen molar-refractivity contribution in [2.75, 3.05) is 11.1 Å². The van der Waals surface area contributed by atoms with E-state index >= 15 is 0 Å². The normalized spacial score (nSPS) is 10.3. The van der Waals surface area contributed by atoms with Crippen LogP contribution >= 0.6 is 23.1 Å². The van der Waals surface area contributed by atoms with Gasteiger partial charge in [0.05, 0.1) is 5.56 Å². The van der Waals surface area contributed by atoms with Crippen LogP contribution in [0, 0.1) is 0 Å². The van der Waals surface area contributed by atoms with Gasteiger partial charge in [0.1, 0.15) is 0 Å². The Kier molecular flexibility index (Phi) is 4.11. The first-order chi connectivity index (χ1) is 8.69. The molecule has 2 N–H and O–H groups in total. The van der Waals surface area contributed by atoms with Gasteiger partial charge in [0, 0.05) is 12.3 Å². The predicted molar refractivity (Wildman–Crippen MR) is 71.3 cm³/mol. The van der Waals surface area contributed by atoms with E-state index in [1.165, 1.54) is 29.7 Å². The number of pyridine rings is 1. The second-order valence-corrected chi connectivity index (χ2v) is 5.69. The van der Waals surface area contributed by atoms with Crippen molar-refractivity contribution in [1.29, 1.82) is 0 Å². The van der Waals surface area contributed by atoms with E-state index in [4.69, 9.17) is 0 Å². The van der Waals surface area contributed by atoms with E-state index in [1.54, 1.807) is 11.8 Å². The molecule has 0 spiro atoms. The third kappa shape index (κ3) is 3.17. The number of aromatic nitrogens is 3. The minimum absolute atomic E-state index is 0.246. The summed E-state index contributed by atoms with van der Waals surface area (Å²) < 4.78 is 0.814. The van der Waals surface area contributed by atoms with Crippen LogP contribution in [0.3, 0.4) is 0 Å². The molecule has 2 rings (SSSR count). The molecule has 6 nitrogen and oxygen atoms in total. The van der Waals surface area contributed by atoms with Gasteiger partial charge in [-0.3, -0.25) is 14.9 Å². The Hall–Kier alpha value is -1.67. The molecule has 0 saturated heterocycles. The van der Waals surface area contributed by atoms with Crippen LogP contribution in [0.4, 0.5) is 5.13 Å². The second-order valence-electron chi connectivity index (χ2n) is 3.20. The van der Waals surface area contributed by atoms with Crippen molar-refractivity contribution < 1.29 is 4.79 Å². The SMILES string of the molecule is CCSc1nnc(NC(=O)c2ccc(=O)[nH]c2)s1. The van der Waals surface area contributed by atoms with Crippen molar-refractivity contribution in [3.8, 4) is 0 Å². The van der Waals surface area contributed by atoms with Crippen molar-refractivity contribution in [1.82, 2.24) is 15.2 Å². The van der Waals surface area contributed by atoms with Gasteiger partial charge in [-0.25, -0.2) is 0 Å². The number of thioether (sulfide) groups is 1. The van der Waals surface area contributed by atoms with Crippen LogP contribution in [0.2, 0.25) is 0 Å². The highest BCUT2D eigenvalue weighted by atomic mass is 32.2. The zero-order valence-corrected chi connectivity index (χ0v) is 11.1. The number of H-pyrrole nitrogens is 1. The van der Waals surface area contributed by atoms with Gasteiger partial charge < -0.3 is 4.98 Å². The smallest absolute Gasteiger partial charge is 0.258 e. The van der Waals surface area contributed by atoms with Crippen LogP contribution in [-0.4, -0.2) is 26.8 Å². The Balaban J connectivity index is 2.06. The Morgan fingerprint density at radius 2 is 2.33 bits per heavy atom. The molecule has 2 heterocycles. The standard InChI is InChI=1S/C10H10N4O2S2/c1-2-17-10-14-13-9(18-10)12-8(16)6-3-4-7(15)11-5-6/h3-5H,2H2,1H3,(H,11,15)(H,12,13,16). The molecular weight excluding hydrogens is 272 g/mol. The van der Waals surface area contributed by atoms with Gasteiger partial charge in [-0.15, -0.1) is 10.2 Å². The molecule has 0 unspecified atom stereocenters. The maximum atomic E-state index is 11.8. The van der Waals surface area contributed by atoms with Crippen molar-refractivity contribution in [3.05, 3.63) is 34.2 Å². The number of carbonyl (C=O) groups is 1. The van der Waals surface area contributed by atoms with E-state index < -0.39 is 0 Å². The number of amides is 1. The number of rotatable bonds is 4. The van der Waals surface area contributed by atoms with Crippen LogP contribution in [0.1, 0.15) is 17.3 Å². The zero-order chi connectivity index (χ0) is 13.0. The first-order valence-corrected chi connectivity index (χ1v) is 6.95. The van der Waals surface area contributed by atoms with Gasteiger partial charge >= 0.3 is 0 Å². The molecular formula is C10H10N4O2S2. The number of carbonyl (C=O) groups excluding carboxylic acids is 1. The van der Waals surface area contributed by atoms with Crippen LogP contribution in [0.25, 0.3) is 0 Å². The first-order valence-electron chi connectivity index (χ1n) is 5.15. The summed E-state index contributed by atoms with van der Waals surface area (Å²) in [6.45, 7) is 2.02. The lowest BCUT2D eigenvalue weighted by Crippen LogP contribution is -2.14. The average Bonchev–Trinajstić information content (AvgIpc) is 2.78. The maximum Gasteiger partial charge on any atom is 0.258 e. The lowest BCUT2D eigenvalue weighted by atomic mass is 10.3. The largest absolute Gasteiger partial charge is 0.328 e. The van der Waals surface area contributed by atoms with Crippen molar-refractivity contribution in [3.63, 3.8) is 0 Å². The second kappa shape index (κ2) is 5.78. The number of anilines is 1. The number of nitrogens with zero attached hydrogens (tertiary/aromatic N) is 2. The summed E-state index contributed by atoms with van der Waals surface area (Å²) in [5.41, 5.74) is 0.124. The molecule has 0 atom stereocenters. The monoisotopic (exact) mass is 282 g/mol. The third-order valence-electron chi connectivity index (χ3n) is 1.94. The fraction of sp³-hybridized carbons (Fsp3) is 0.200. The molecule has 0 bridgehead atoms. The summed E-state index contributed by atoms with van der Waals surface area (Å²) in [5.74, 6) is 0.582. The lowest BCUT2D eigenvalue weighted by Gasteiger charge is -1.99. The topological polar surface area (TPSA) is 87.7 Å². The Bertz CT molecular complexity index is 587. The predicted octanol–water partition coefficient (Wildman–Crippen LogP) is 1.59. The maximum absolute atomic E-state index is 11.8. The molecule has 0 aromatic carbocycles. The third-order valence-corrected chi connectivity index (χ3v) is 3.80. The number of hydrogen-bond acceptors (Lipinski definition) is 6. The van der Waals surface area contributed by atoms with Gasteiger partial charge in [-0.1, -0.05) is 30.0 Å². The van der Waals surface area contributed by atoms with Crippen LogP contribution in [-0.2, 0) is 0 Å². The van der Waals surface area contributed by atoms with E-state index in [0.717, 1.165) is 10.1 Å². The summed E-state index contributed by atoms with van der Waals surface area (Å²) >= 11 is 2.89. The first kappa shape index (κ1) is 12.8. The molecule has 2 aromatic rings. The molecule has 2 aromatic heterocycles. The fourth-order valence-corrected chi connectivity index (χ4v) is 2.81. The highest BCUT2D eigenvalue weighted by Gasteiger charge is 2.10. The molecule has 1 amide bonds. The molecule has 0 saturated carbocycles. The van der Waals surface area contributed by atoms with Crippen LogP contribution in [0.5, 0.6) is 0 Å². The van der Waals surface area contributed by atoms with Crippen LogP contribution in [0.15, 0.2) is 27.5 Å². The molecule has 18 heavy (non-hydrogen) atoms. The van der Waals surface area contributed by atoms with Crippen molar-refractivity contribution in [2.24, 2.45) is 0 Å². The summed E-state index contributed by atoms with van der Waals surface area (Å²) in [6, 6.07) is 2.75. The fourth-order valence-electron chi connectivity index (χ4n) is 1.16. The quantitative estimate of drug-likeness (QED) is 0.657. The minimum Gasteiger partial charge on any atom is -0.328 e. The van der Waals surface area contributed by atoms with E-state index in [1.807, 2.05) is 6.92 Å². The Morgan fingerprint density at radius 1 is 1.50 bits per heavy atom. The summed E-state index contributed by atoms with van der Waals surface area (Å²) in [6.07, 6.45) is 1.36. The molecule has 0 aliphatic heterocycles. The summed E-state index contributed by atoms with van der Waals surface area (Å²) in [7, 11) is 0. The van der Waals surface area contributed by atoms with Gasteiger partial charge in [-0.2, -0.15) is 0 Å². The van der Waals surface area contributed by atoms with Gasteiger partial charge in [0.25, 0.3) is 5.91 Å². The van der Waals surface area contributed by atoms with Crippen LogP contribution < -0.4 is 10.9 Å². The molecule has 0 aliphatic carbocycles. The Morgan fingerprint density at radius 3 is 3.00 bits per heavy atom. The van der Waals surface area contributed by atoms with Crippen molar-refractivity contribution >= 4 is 34.1 Å². The lowest BCUT2D eigenvalue weighted by molar-refractivity contribution is 0.102. The van der Waals surface area contributed by atoms with E-state index in [2.05, 4.69) is 20.5 Å². The average molecular weight is 282 g/mol. The molecule has 94 valence electrons. The van der Waals surface area contributed by atoms with Gasteiger partial charge in [0.15, 0.2) is 4.34 Å². The highest BCUT2D eigenvalue weighted by Crippen LogP contribution is 2.25. The van der Waals surface area contributed by atoms with E-state index in [9.17, 15) is 9.59 Å². The van der Waals surface area contributed by atoms with Gasteiger partial charge in [-0.05, 0) is 11.8 Å². The molecule has 0 radical (unpaired) electrons. The van der Waals surface area contributed by atoms with Crippen molar-refractivity contribution in [2.45, 2.75) is 11.3 Å². The number of aromatic amines is 1. The molecule has 0 fully saturated rings. The minimum atomic E-state index is -0.324. The van der Waals surface area contributed by atoms with E-state index in [0.29, 0.717) is 10.7 Å². The summed E-state index contributed by atoms with van der Waals surface area (Å²) in [4.78, 5) is 25.1.